The maximum Gasteiger partial charge on any atom is 0.222 e. The van der Waals surface area contributed by atoms with Crippen LogP contribution in [0.4, 0.5) is 11.8 Å². The molecule has 1 fully saturated rings. The van der Waals surface area contributed by atoms with Gasteiger partial charge in [0, 0.05) is 30.6 Å². The number of nitrogens with two attached hydrogens (primary N) is 2. The lowest BCUT2D eigenvalue weighted by Crippen LogP contribution is -2.44. The van der Waals surface area contributed by atoms with E-state index in [9.17, 15) is 0 Å². The average molecular weight is 323 g/mol. The molecule has 5 nitrogen and oxygen atoms in total. The fourth-order valence-corrected chi connectivity index (χ4v) is 4.13. The van der Waals surface area contributed by atoms with Gasteiger partial charge in [-0.15, -0.1) is 0 Å². The summed E-state index contributed by atoms with van der Waals surface area (Å²) in [6, 6.07) is 10.8. The molecule has 126 valence electrons. The number of piperidine rings is 1. The van der Waals surface area contributed by atoms with Crippen molar-refractivity contribution in [3.8, 4) is 0 Å². The molecule has 4 N–H and O–H groups in total. The van der Waals surface area contributed by atoms with Crippen LogP contribution in [0.25, 0.3) is 0 Å². The molecule has 0 amide bonds. The Labute approximate surface area is 143 Å². The van der Waals surface area contributed by atoms with Crippen molar-refractivity contribution in [2.45, 2.75) is 44.1 Å². The molecule has 1 saturated heterocycles. The normalized spacial score (nSPS) is 23.8. The SMILES string of the molecule is Nc1nc2c(c(N3CCCC(N)C3)n1)CCCC2c1ccccc1. The molecule has 2 atom stereocenters. The Balaban J connectivity index is 1.77. The predicted octanol–water partition coefficient (Wildman–Crippen LogP) is 2.45. The number of rotatable bonds is 2. The van der Waals surface area contributed by atoms with Crippen LogP contribution in [0.2, 0.25) is 0 Å². The molecule has 24 heavy (non-hydrogen) atoms. The molecular formula is C19H25N5. The van der Waals surface area contributed by atoms with Gasteiger partial charge in [-0.05, 0) is 37.7 Å². The number of aromatic nitrogens is 2. The number of benzene rings is 1. The monoisotopic (exact) mass is 323 g/mol. The fraction of sp³-hybridized carbons (Fsp3) is 0.474. The van der Waals surface area contributed by atoms with Crippen molar-refractivity contribution in [2.75, 3.05) is 23.7 Å². The van der Waals surface area contributed by atoms with Gasteiger partial charge in [0.1, 0.15) is 5.82 Å². The van der Waals surface area contributed by atoms with Crippen LogP contribution < -0.4 is 16.4 Å². The minimum Gasteiger partial charge on any atom is -0.368 e. The molecule has 0 saturated carbocycles. The zero-order chi connectivity index (χ0) is 16.5. The van der Waals surface area contributed by atoms with Gasteiger partial charge in [-0.25, -0.2) is 4.98 Å². The standard InChI is InChI=1S/C19H25N5/c20-14-8-5-11-24(12-14)18-16-10-4-9-15(13-6-2-1-3-7-13)17(16)22-19(21)23-18/h1-3,6-7,14-15H,4-5,8-12,20H2,(H2,21,22,23). The van der Waals surface area contributed by atoms with E-state index in [1.54, 1.807) is 0 Å². The molecule has 0 radical (unpaired) electrons. The topological polar surface area (TPSA) is 81.1 Å². The Morgan fingerprint density at radius 2 is 1.88 bits per heavy atom. The van der Waals surface area contributed by atoms with Crippen LogP contribution >= 0.6 is 0 Å². The smallest absolute Gasteiger partial charge is 0.222 e. The second kappa shape index (κ2) is 6.40. The first kappa shape index (κ1) is 15.4. The lowest BCUT2D eigenvalue weighted by atomic mass is 9.82. The summed E-state index contributed by atoms with van der Waals surface area (Å²) >= 11 is 0. The summed E-state index contributed by atoms with van der Waals surface area (Å²) in [5, 5.41) is 0. The predicted molar refractivity (Wildman–Crippen MR) is 97.1 cm³/mol. The van der Waals surface area contributed by atoms with E-state index in [4.69, 9.17) is 11.5 Å². The van der Waals surface area contributed by atoms with Gasteiger partial charge in [0.15, 0.2) is 0 Å². The fourth-order valence-electron chi connectivity index (χ4n) is 4.13. The lowest BCUT2D eigenvalue weighted by Gasteiger charge is -2.35. The Kier molecular flexibility index (Phi) is 4.10. The summed E-state index contributed by atoms with van der Waals surface area (Å²) in [5.41, 5.74) is 16.0. The molecule has 2 aromatic rings. The van der Waals surface area contributed by atoms with Gasteiger partial charge in [0.05, 0.1) is 5.69 Å². The summed E-state index contributed by atoms with van der Waals surface area (Å²) in [5.74, 6) is 1.72. The maximum atomic E-state index is 6.18. The van der Waals surface area contributed by atoms with Crippen LogP contribution in [-0.4, -0.2) is 29.1 Å². The van der Waals surface area contributed by atoms with Crippen LogP contribution in [-0.2, 0) is 6.42 Å². The highest BCUT2D eigenvalue weighted by atomic mass is 15.2. The van der Waals surface area contributed by atoms with Crippen LogP contribution in [0.5, 0.6) is 0 Å². The second-order valence-corrected chi connectivity index (χ2v) is 6.97. The van der Waals surface area contributed by atoms with Crippen molar-refractivity contribution < 1.29 is 0 Å². The molecule has 1 aromatic carbocycles. The van der Waals surface area contributed by atoms with Crippen molar-refractivity contribution in [1.29, 1.82) is 0 Å². The summed E-state index contributed by atoms with van der Waals surface area (Å²) in [4.78, 5) is 11.6. The molecular weight excluding hydrogens is 298 g/mol. The summed E-state index contributed by atoms with van der Waals surface area (Å²) in [6.45, 7) is 1.87. The van der Waals surface area contributed by atoms with E-state index in [0.29, 0.717) is 11.9 Å². The summed E-state index contributed by atoms with van der Waals surface area (Å²) < 4.78 is 0. The van der Waals surface area contributed by atoms with E-state index in [1.807, 2.05) is 0 Å². The Bertz CT molecular complexity index is 715. The molecule has 0 spiro atoms. The third-order valence-corrected chi connectivity index (χ3v) is 5.24. The summed E-state index contributed by atoms with van der Waals surface area (Å²) in [6.07, 6.45) is 5.51. The van der Waals surface area contributed by atoms with Gasteiger partial charge in [-0.2, -0.15) is 4.98 Å². The third kappa shape index (κ3) is 2.84. The Morgan fingerprint density at radius 3 is 2.67 bits per heavy atom. The number of nitrogen functional groups attached to an aromatic ring is 1. The molecule has 1 aromatic heterocycles. The van der Waals surface area contributed by atoms with Gasteiger partial charge in [-0.3, -0.25) is 0 Å². The number of hydrogen-bond donors (Lipinski definition) is 2. The number of anilines is 2. The van der Waals surface area contributed by atoms with E-state index >= 15 is 0 Å². The van der Waals surface area contributed by atoms with Crippen molar-refractivity contribution >= 4 is 11.8 Å². The number of nitrogens with zero attached hydrogens (tertiary/aromatic N) is 3. The largest absolute Gasteiger partial charge is 0.368 e. The number of hydrogen-bond acceptors (Lipinski definition) is 5. The third-order valence-electron chi connectivity index (χ3n) is 5.24. The summed E-state index contributed by atoms with van der Waals surface area (Å²) in [7, 11) is 0. The molecule has 5 heteroatoms. The van der Waals surface area contributed by atoms with E-state index in [2.05, 4.69) is 45.2 Å². The molecule has 0 bridgehead atoms. The zero-order valence-corrected chi connectivity index (χ0v) is 14.0. The maximum absolute atomic E-state index is 6.18. The molecule has 1 aliphatic carbocycles. The minimum absolute atomic E-state index is 0.221. The number of fused-ring (bicyclic) bond motifs is 1. The first-order valence-corrected chi connectivity index (χ1v) is 8.94. The van der Waals surface area contributed by atoms with Gasteiger partial charge in [0.2, 0.25) is 5.95 Å². The first-order chi connectivity index (χ1) is 11.7. The minimum atomic E-state index is 0.221. The molecule has 4 rings (SSSR count). The van der Waals surface area contributed by atoms with Crippen LogP contribution in [0.3, 0.4) is 0 Å². The Morgan fingerprint density at radius 1 is 1.04 bits per heavy atom. The van der Waals surface area contributed by atoms with E-state index < -0.39 is 0 Å². The highest BCUT2D eigenvalue weighted by Crippen LogP contribution is 2.39. The van der Waals surface area contributed by atoms with Crippen molar-refractivity contribution in [1.82, 2.24) is 9.97 Å². The average Bonchev–Trinajstić information content (AvgIpc) is 2.61. The molecule has 2 heterocycles. The van der Waals surface area contributed by atoms with E-state index in [0.717, 1.165) is 56.7 Å². The molecule has 1 aliphatic heterocycles. The van der Waals surface area contributed by atoms with Gasteiger partial charge >= 0.3 is 0 Å². The highest BCUT2D eigenvalue weighted by molar-refractivity contribution is 5.55. The lowest BCUT2D eigenvalue weighted by molar-refractivity contribution is 0.499. The van der Waals surface area contributed by atoms with Crippen LogP contribution in [0.1, 0.15) is 48.4 Å². The zero-order valence-electron chi connectivity index (χ0n) is 14.0. The highest BCUT2D eigenvalue weighted by Gasteiger charge is 2.29. The van der Waals surface area contributed by atoms with Crippen molar-refractivity contribution in [2.24, 2.45) is 5.73 Å². The van der Waals surface area contributed by atoms with Gasteiger partial charge < -0.3 is 16.4 Å². The molecule has 2 aliphatic rings. The van der Waals surface area contributed by atoms with Gasteiger partial charge in [-0.1, -0.05) is 30.3 Å². The van der Waals surface area contributed by atoms with E-state index in [1.165, 1.54) is 11.1 Å². The van der Waals surface area contributed by atoms with Crippen LogP contribution in [0, 0.1) is 0 Å². The Hall–Kier alpha value is -2.14. The van der Waals surface area contributed by atoms with Crippen molar-refractivity contribution in [3.63, 3.8) is 0 Å². The van der Waals surface area contributed by atoms with Crippen molar-refractivity contribution in [3.05, 3.63) is 47.2 Å². The second-order valence-electron chi connectivity index (χ2n) is 6.97. The quantitative estimate of drug-likeness (QED) is 0.887. The first-order valence-electron chi connectivity index (χ1n) is 8.94. The molecule has 2 unspecified atom stereocenters. The van der Waals surface area contributed by atoms with Gasteiger partial charge in [0.25, 0.3) is 0 Å². The van der Waals surface area contributed by atoms with Crippen LogP contribution in [0.15, 0.2) is 30.3 Å². The van der Waals surface area contributed by atoms with E-state index in [-0.39, 0.29) is 6.04 Å².